The van der Waals surface area contributed by atoms with Crippen LogP contribution in [0.25, 0.3) is 0 Å². The van der Waals surface area contributed by atoms with Crippen LogP contribution in [0.1, 0.15) is 71.1 Å². The Balaban J connectivity index is 2.93. The molecule has 0 radical (unpaired) electrons. The Morgan fingerprint density at radius 2 is 1.19 bits per heavy atom. The second-order valence-electron chi connectivity index (χ2n) is 4.24. The van der Waals surface area contributed by atoms with E-state index in [4.69, 9.17) is 0 Å². The SMILES string of the molecule is CCCCCCCCCCCC[O][V](=[O])=[O]. The third-order valence-electron chi connectivity index (χ3n) is 2.69. The summed E-state index contributed by atoms with van der Waals surface area (Å²) < 4.78 is 24.9. The monoisotopic (exact) mass is 268 g/mol. The van der Waals surface area contributed by atoms with Crippen LogP contribution in [0.15, 0.2) is 0 Å². The normalized spacial score (nSPS) is 10.6. The molecule has 0 saturated heterocycles. The molecular formula is C12H25O3V. The van der Waals surface area contributed by atoms with Crippen molar-refractivity contribution in [3.8, 4) is 0 Å². The van der Waals surface area contributed by atoms with Crippen LogP contribution in [0.4, 0.5) is 0 Å². The summed E-state index contributed by atoms with van der Waals surface area (Å²) in [5, 5.41) is 0. The standard InChI is InChI=1S/C12H25O.2O.V/c1-2-3-4-5-6-7-8-9-10-11-12-13;;;/h2-12H2,1H3;;;/q-1;;;+1. The van der Waals surface area contributed by atoms with Crippen molar-refractivity contribution in [2.45, 2.75) is 71.1 Å². The van der Waals surface area contributed by atoms with Crippen molar-refractivity contribution in [2.75, 3.05) is 6.61 Å². The molecule has 96 valence electrons. The number of hydrogen-bond donors (Lipinski definition) is 0. The van der Waals surface area contributed by atoms with Gasteiger partial charge in [-0.3, -0.25) is 0 Å². The van der Waals surface area contributed by atoms with Crippen LogP contribution < -0.4 is 0 Å². The summed E-state index contributed by atoms with van der Waals surface area (Å²) in [4.78, 5) is 0. The zero-order valence-electron chi connectivity index (χ0n) is 10.5. The van der Waals surface area contributed by atoms with Crippen LogP contribution in [-0.4, -0.2) is 6.61 Å². The van der Waals surface area contributed by atoms with Crippen LogP contribution in [0, 0.1) is 0 Å². The molecule has 0 atom stereocenters. The van der Waals surface area contributed by atoms with Gasteiger partial charge in [0.2, 0.25) is 0 Å². The predicted molar refractivity (Wildman–Crippen MR) is 59.2 cm³/mol. The van der Waals surface area contributed by atoms with Gasteiger partial charge in [-0.2, -0.15) is 0 Å². The Morgan fingerprint density at radius 1 is 0.750 bits per heavy atom. The Labute approximate surface area is 104 Å². The van der Waals surface area contributed by atoms with Crippen molar-refractivity contribution >= 4 is 0 Å². The summed E-state index contributed by atoms with van der Waals surface area (Å²) in [5.41, 5.74) is 0. The summed E-state index contributed by atoms with van der Waals surface area (Å²) in [7, 11) is 0. The molecule has 0 heterocycles. The Morgan fingerprint density at radius 3 is 1.62 bits per heavy atom. The molecule has 0 spiro atoms. The molecule has 0 bridgehead atoms. The minimum atomic E-state index is -3.31. The van der Waals surface area contributed by atoms with E-state index in [0.29, 0.717) is 6.61 Å². The zero-order chi connectivity index (χ0) is 12.1. The average molecular weight is 268 g/mol. The van der Waals surface area contributed by atoms with Gasteiger partial charge in [-0.15, -0.1) is 0 Å². The van der Waals surface area contributed by atoms with Gasteiger partial charge in [0, 0.05) is 0 Å². The summed E-state index contributed by atoms with van der Waals surface area (Å²) in [5.74, 6) is 0. The molecular weight excluding hydrogens is 243 g/mol. The summed E-state index contributed by atoms with van der Waals surface area (Å²) in [6, 6.07) is 0. The first-order valence-electron chi connectivity index (χ1n) is 6.54. The third kappa shape index (κ3) is 14.1. The van der Waals surface area contributed by atoms with Gasteiger partial charge < -0.3 is 0 Å². The first kappa shape index (κ1) is 16.1. The fourth-order valence-corrected chi connectivity index (χ4v) is 2.16. The van der Waals surface area contributed by atoms with E-state index in [9.17, 15) is 7.35 Å². The van der Waals surface area contributed by atoms with Crippen LogP contribution in [0.5, 0.6) is 0 Å². The molecule has 0 rings (SSSR count). The van der Waals surface area contributed by atoms with E-state index in [1.807, 2.05) is 0 Å². The number of unbranched alkanes of at least 4 members (excludes halogenated alkanes) is 9. The van der Waals surface area contributed by atoms with Gasteiger partial charge in [0.15, 0.2) is 0 Å². The topological polar surface area (TPSA) is 43.4 Å². The fraction of sp³-hybridized carbons (Fsp3) is 1.00. The van der Waals surface area contributed by atoms with Gasteiger partial charge in [0.05, 0.1) is 0 Å². The van der Waals surface area contributed by atoms with Crippen LogP contribution in [-0.2, 0) is 26.4 Å². The van der Waals surface area contributed by atoms with Gasteiger partial charge in [-0.25, -0.2) is 0 Å². The number of rotatable bonds is 12. The van der Waals surface area contributed by atoms with Crippen LogP contribution >= 0.6 is 0 Å². The molecule has 0 unspecified atom stereocenters. The first-order chi connectivity index (χ1) is 7.77. The Hall–Kier alpha value is 0.144. The summed E-state index contributed by atoms with van der Waals surface area (Å²) in [6.07, 6.45) is 12.6. The molecule has 0 aromatic rings. The van der Waals surface area contributed by atoms with E-state index in [-0.39, 0.29) is 0 Å². The van der Waals surface area contributed by atoms with Crippen molar-refractivity contribution in [3.63, 3.8) is 0 Å². The number of hydrogen-bond acceptors (Lipinski definition) is 3. The Bertz CT molecular complexity index is 194. The second kappa shape index (κ2) is 13.2. The van der Waals surface area contributed by atoms with Crippen LogP contribution in [0.3, 0.4) is 0 Å². The molecule has 0 aromatic carbocycles. The first-order valence-corrected chi connectivity index (χ1v) is 8.25. The molecule has 0 fully saturated rings. The van der Waals surface area contributed by atoms with Crippen molar-refractivity contribution in [1.29, 1.82) is 0 Å². The average Bonchev–Trinajstić information content (AvgIpc) is 2.25. The van der Waals surface area contributed by atoms with Gasteiger partial charge in [0.1, 0.15) is 0 Å². The Kier molecular flexibility index (Phi) is 13.3. The van der Waals surface area contributed by atoms with Crippen molar-refractivity contribution < 1.29 is 26.4 Å². The zero-order valence-corrected chi connectivity index (χ0v) is 11.8. The quantitative estimate of drug-likeness (QED) is 0.499. The molecule has 0 aliphatic carbocycles. The molecule has 0 aliphatic heterocycles. The van der Waals surface area contributed by atoms with Gasteiger partial charge in [0.25, 0.3) is 0 Å². The van der Waals surface area contributed by atoms with Crippen LogP contribution in [0.2, 0.25) is 0 Å². The van der Waals surface area contributed by atoms with Crippen molar-refractivity contribution in [2.24, 2.45) is 0 Å². The van der Waals surface area contributed by atoms with Gasteiger partial charge in [-0.1, -0.05) is 6.92 Å². The van der Waals surface area contributed by atoms with E-state index in [2.05, 4.69) is 10.6 Å². The van der Waals surface area contributed by atoms with E-state index in [1.54, 1.807) is 0 Å². The van der Waals surface area contributed by atoms with E-state index < -0.39 is 15.4 Å². The van der Waals surface area contributed by atoms with Gasteiger partial charge in [-0.05, 0) is 0 Å². The molecule has 16 heavy (non-hydrogen) atoms. The molecule has 0 aromatic heterocycles. The maximum atomic E-state index is 10.2. The third-order valence-corrected chi connectivity index (χ3v) is 3.31. The maximum absolute atomic E-state index is 10.2. The molecule has 0 saturated carbocycles. The minimum absolute atomic E-state index is 0.392. The van der Waals surface area contributed by atoms with Crippen molar-refractivity contribution in [1.82, 2.24) is 0 Å². The molecule has 3 nitrogen and oxygen atoms in total. The molecule has 0 amide bonds. The van der Waals surface area contributed by atoms with E-state index in [1.165, 1.54) is 51.4 Å². The predicted octanol–water partition coefficient (Wildman–Crippen LogP) is 4.15. The van der Waals surface area contributed by atoms with Gasteiger partial charge >= 0.3 is 97.2 Å². The van der Waals surface area contributed by atoms with E-state index in [0.717, 1.165) is 12.8 Å². The summed E-state index contributed by atoms with van der Waals surface area (Å²) >= 11 is -3.31. The fourth-order valence-electron chi connectivity index (χ4n) is 1.73. The van der Waals surface area contributed by atoms with Crippen molar-refractivity contribution in [3.05, 3.63) is 0 Å². The molecule has 0 aliphatic rings. The van der Waals surface area contributed by atoms with E-state index >= 15 is 0 Å². The molecule has 4 heteroatoms. The second-order valence-corrected chi connectivity index (χ2v) is 5.34. The molecule has 0 N–H and O–H groups in total. The summed E-state index contributed by atoms with van der Waals surface area (Å²) in [6.45, 7) is 2.63.